The molecule has 1 aliphatic heterocycles. The van der Waals surface area contributed by atoms with Crippen LogP contribution in [0.3, 0.4) is 0 Å². The molecule has 17 heavy (non-hydrogen) atoms. The Labute approximate surface area is 100 Å². The van der Waals surface area contributed by atoms with Gasteiger partial charge in [-0.1, -0.05) is 6.08 Å². The maximum absolute atomic E-state index is 5.49. The minimum atomic E-state index is 0.948. The first-order valence-electron chi connectivity index (χ1n) is 5.94. The van der Waals surface area contributed by atoms with Crippen molar-refractivity contribution in [3.8, 4) is 5.75 Å². The molecule has 0 atom stereocenters. The van der Waals surface area contributed by atoms with E-state index in [0.717, 1.165) is 30.8 Å². The van der Waals surface area contributed by atoms with E-state index in [1.54, 1.807) is 7.11 Å². The van der Waals surface area contributed by atoms with Gasteiger partial charge in [-0.2, -0.15) is 0 Å². The summed E-state index contributed by atoms with van der Waals surface area (Å²) in [5, 5.41) is 4.57. The summed E-state index contributed by atoms with van der Waals surface area (Å²) in [6.07, 6.45) is 5.27. The minimum absolute atomic E-state index is 0.948. The Bertz CT molecular complexity index is 569. The molecule has 0 saturated carbocycles. The van der Waals surface area contributed by atoms with Crippen LogP contribution in [0.2, 0.25) is 0 Å². The van der Waals surface area contributed by atoms with Gasteiger partial charge in [0, 0.05) is 35.3 Å². The van der Waals surface area contributed by atoms with Crippen molar-refractivity contribution in [1.82, 2.24) is 10.3 Å². The van der Waals surface area contributed by atoms with E-state index in [1.807, 2.05) is 6.20 Å². The van der Waals surface area contributed by atoms with E-state index in [2.05, 4.69) is 34.6 Å². The third kappa shape index (κ3) is 1.83. The summed E-state index contributed by atoms with van der Waals surface area (Å²) >= 11 is 0. The summed E-state index contributed by atoms with van der Waals surface area (Å²) in [4.78, 5) is 3.21. The summed E-state index contributed by atoms with van der Waals surface area (Å²) in [6, 6.07) is 6.38. The number of aromatic amines is 1. The zero-order valence-corrected chi connectivity index (χ0v) is 9.92. The van der Waals surface area contributed by atoms with Gasteiger partial charge in [-0.25, -0.2) is 0 Å². The van der Waals surface area contributed by atoms with Crippen LogP contribution in [-0.4, -0.2) is 25.2 Å². The Hall–Kier alpha value is -1.74. The highest BCUT2D eigenvalue weighted by Crippen LogP contribution is 2.32. The molecule has 1 aromatic heterocycles. The lowest BCUT2D eigenvalue weighted by molar-refractivity contribution is 0.414. The van der Waals surface area contributed by atoms with Gasteiger partial charge in [0.1, 0.15) is 5.75 Å². The van der Waals surface area contributed by atoms with E-state index >= 15 is 0 Å². The zero-order valence-electron chi connectivity index (χ0n) is 9.92. The summed E-state index contributed by atoms with van der Waals surface area (Å²) in [7, 11) is 1.73. The molecule has 0 fully saturated rings. The van der Waals surface area contributed by atoms with Crippen molar-refractivity contribution in [3.63, 3.8) is 0 Å². The van der Waals surface area contributed by atoms with E-state index in [9.17, 15) is 0 Å². The maximum atomic E-state index is 5.49. The number of hydrogen-bond donors (Lipinski definition) is 2. The lowest BCUT2D eigenvalue weighted by atomic mass is 9.98. The van der Waals surface area contributed by atoms with Gasteiger partial charge in [-0.15, -0.1) is 0 Å². The molecule has 2 heterocycles. The number of hydrogen-bond acceptors (Lipinski definition) is 2. The highest BCUT2D eigenvalue weighted by atomic mass is 16.5. The number of benzene rings is 1. The van der Waals surface area contributed by atoms with Gasteiger partial charge in [-0.05, 0) is 30.7 Å². The van der Waals surface area contributed by atoms with E-state index in [4.69, 9.17) is 4.74 Å². The van der Waals surface area contributed by atoms with Gasteiger partial charge < -0.3 is 15.0 Å². The van der Waals surface area contributed by atoms with Crippen molar-refractivity contribution >= 4 is 16.5 Å². The first-order valence-corrected chi connectivity index (χ1v) is 5.94. The number of nitrogens with one attached hydrogen (secondary N) is 2. The van der Waals surface area contributed by atoms with Crippen LogP contribution in [0.4, 0.5) is 0 Å². The van der Waals surface area contributed by atoms with E-state index < -0.39 is 0 Å². The van der Waals surface area contributed by atoms with Crippen molar-refractivity contribution in [3.05, 3.63) is 36.0 Å². The highest BCUT2D eigenvalue weighted by molar-refractivity contribution is 5.87. The van der Waals surface area contributed by atoms with Crippen LogP contribution in [-0.2, 0) is 0 Å². The Morgan fingerprint density at radius 3 is 3.00 bits per heavy atom. The van der Waals surface area contributed by atoms with Gasteiger partial charge in [0.25, 0.3) is 0 Å². The third-order valence-electron chi connectivity index (χ3n) is 3.28. The molecule has 3 nitrogen and oxygen atoms in total. The van der Waals surface area contributed by atoms with Crippen LogP contribution in [0.25, 0.3) is 16.5 Å². The van der Waals surface area contributed by atoms with Gasteiger partial charge in [-0.3, -0.25) is 0 Å². The quantitative estimate of drug-likeness (QED) is 0.829. The summed E-state index contributed by atoms with van der Waals surface area (Å²) in [5.41, 5.74) is 3.73. The van der Waals surface area contributed by atoms with Gasteiger partial charge in [0.15, 0.2) is 0 Å². The molecule has 0 aliphatic carbocycles. The lowest BCUT2D eigenvalue weighted by Crippen LogP contribution is -2.20. The fourth-order valence-corrected chi connectivity index (χ4v) is 2.37. The number of methoxy groups -OCH3 is 1. The molecule has 0 spiro atoms. The molecule has 3 heteroatoms. The molecule has 0 unspecified atom stereocenters. The maximum Gasteiger partial charge on any atom is 0.128 e. The first kappa shape index (κ1) is 10.4. The number of ether oxygens (including phenoxy) is 1. The fourth-order valence-electron chi connectivity index (χ4n) is 2.37. The molecule has 0 saturated heterocycles. The minimum Gasteiger partial charge on any atom is -0.496 e. The SMILES string of the molecule is COc1cc2[nH]ccc2cc1C1=CCNCC1. The van der Waals surface area contributed by atoms with E-state index in [-0.39, 0.29) is 0 Å². The Kier molecular flexibility index (Phi) is 2.61. The van der Waals surface area contributed by atoms with Gasteiger partial charge in [0.2, 0.25) is 0 Å². The van der Waals surface area contributed by atoms with Gasteiger partial charge >= 0.3 is 0 Å². The topological polar surface area (TPSA) is 37.0 Å². The van der Waals surface area contributed by atoms with E-state index in [0.29, 0.717) is 0 Å². The molecule has 88 valence electrons. The normalized spacial score (nSPS) is 15.9. The van der Waals surface area contributed by atoms with Crippen LogP contribution in [0.5, 0.6) is 5.75 Å². The predicted molar refractivity (Wildman–Crippen MR) is 70.3 cm³/mol. The monoisotopic (exact) mass is 228 g/mol. The molecule has 1 aromatic carbocycles. The van der Waals surface area contributed by atoms with Crippen molar-refractivity contribution in [2.75, 3.05) is 20.2 Å². The molecule has 0 amide bonds. The summed E-state index contributed by atoms with van der Waals surface area (Å²) < 4.78 is 5.49. The van der Waals surface area contributed by atoms with Crippen LogP contribution >= 0.6 is 0 Å². The fraction of sp³-hybridized carbons (Fsp3) is 0.286. The molecular formula is C14H16N2O. The van der Waals surface area contributed by atoms with Crippen LogP contribution in [0.1, 0.15) is 12.0 Å². The molecule has 0 bridgehead atoms. The number of rotatable bonds is 2. The summed E-state index contributed by atoms with van der Waals surface area (Å²) in [6.45, 7) is 1.99. The van der Waals surface area contributed by atoms with Crippen molar-refractivity contribution in [2.24, 2.45) is 0 Å². The number of H-pyrrole nitrogens is 1. The highest BCUT2D eigenvalue weighted by Gasteiger charge is 2.12. The van der Waals surface area contributed by atoms with Crippen LogP contribution in [0, 0.1) is 0 Å². The first-order chi connectivity index (χ1) is 8.38. The molecule has 1 aliphatic rings. The van der Waals surface area contributed by atoms with Crippen molar-refractivity contribution in [2.45, 2.75) is 6.42 Å². The average molecular weight is 228 g/mol. The smallest absolute Gasteiger partial charge is 0.128 e. The van der Waals surface area contributed by atoms with Crippen LogP contribution < -0.4 is 10.1 Å². The largest absolute Gasteiger partial charge is 0.496 e. The average Bonchev–Trinajstić information content (AvgIpc) is 2.85. The second kappa shape index (κ2) is 4.26. The lowest BCUT2D eigenvalue weighted by Gasteiger charge is -2.17. The third-order valence-corrected chi connectivity index (χ3v) is 3.28. The molecule has 2 aromatic rings. The predicted octanol–water partition coefficient (Wildman–Crippen LogP) is 2.55. The summed E-state index contributed by atoms with van der Waals surface area (Å²) in [5.74, 6) is 0.952. The van der Waals surface area contributed by atoms with Gasteiger partial charge in [0.05, 0.1) is 7.11 Å². The second-order valence-corrected chi connectivity index (χ2v) is 4.30. The molecule has 2 N–H and O–H groups in total. The zero-order chi connectivity index (χ0) is 11.7. The van der Waals surface area contributed by atoms with Crippen LogP contribution in [0.15, 0.2) is 30.5 Å². The van der Waals surface area contributed by atoms with Crippen molar-refractivity contribution in [1.29, 1.82) is 0 Å². The van der Waals surface area contributed by atoms with E-state index in [1.165, 1.54) is 16.5 Å². The Balaban J connectivity index is 2.15. The number of fused-ring (bicyclic) bond motifs is 1. The standard InChI is InChI=1S/C14H16N2O/c1-17-14-9-13-11(4-7-16-13)8-12(14)10-2-5-15-6-3-10/h2,4,7-9,15-16H,3,5-6H2,1H3. The van der Waals surface area contributed by atoms with Crippen molar-refractivity contribution < 1.29 is 4.74 Å². The second-order valence-electron chi connectivity index (χ2n) is 4.30. The number of aromatic nitrogens is 1. The molecule has 3 rings (SSSR count). The Morgan fingerprint density at radius 2 is 2.24 bits per heavy atom. The molecular weight excluding hydrogens is 212 g/mol. The molecule has 0 radical (unpaired) electrons. The Morgan fingerprint density at radius 1 is 1.29 bits per heavy atom.